The Morgan fingerprint density at radius 3 is 2.41 bits per heavy atom. The first-order chi connectivity index (χ1) is 16.5. The molecule has 2 aliphatic rings. The summed E-state index contributed by atoms with van der Waals surface area (Å²) in [5.41, 5.74) is 1.77. The van der Waals surface area contributed by atoms with Gasteiger partial charge in [0.25, 0.3) is 0 Å². The fraction of sp³-hybridized carbons (Fsp3) is 0.481. The zero-order valence-electron chi connectivity index (χ0n) is 19.7. The maximum Gasteiger partial charge on any atom is 0.243 e. The highest BCUT2D eigenvalue weighted by Gasteiger charge is 2.30. The number of benzene rings is 2. The lowest BCUT2D eigenvalue weighted by atomic mass is 10.0. The average molecular weight is 469 g/mol. The summed E-state index contributed by atoms with van der Waals surface area (Å²) in [7, 11) is 0. The van der Waals surface area contributed by atoms with Crippen LogP contribution in [0.15, 0.2) is 42.5 Å². The van der Waals surface area contributed by atoms with Crippen molar-refractivity contribution in [3.8, 4) is 11.5 Å². The summed E-state index contributed by atoms with van der Waals surface area (Å²) in [5.74, 6) is 0.874. The molecule has 2 amide bonds. The Kier molecular flexibility index (Phi) is 8.03. The van der Waals surface area contributed by atoms with Gasteiger partial charge in [-0.2, -0.15) is 0 Å². The van der Waals surface area contributed by atoms with Crippen molar-refractivity contribution in [3.05, 3.63) is 59.4 Å². The van der Waals surface area contributed by atoms with Crippen LogP contribution in [0, 0.1) is 5.82 Å². The minimum absolute atomic E-state index is 0.104. The minimum atomic E-state index is -0.571. The number of carbonyl (C=O) groups excluding carboxylic acids is 2. The molecule has 6 nitrogen and oxygen atoms in total. The van der Waals surface area contributed by atoms with E-state index >= 15 is 0 Å². The van der Waals surface area contributed by atoms with Crippen LogP contribution in [0.1, 0.15) is 56.6 Å². The number of carbonyl (C=O) groups is 2. The zero-order chi connectivity index (χ0) is 23.9. The maximum absolute atomic E-state index is 13.4. The maximum atomic E-state index is 13.4. The van der Waals surface area contributed by atoms with Gasteiger partial charge in [-0.3, -0.25) is 9.59 Å². The number of ether oxygens (including phenoxy) is 2. The Balaban J connectivity index is 1.47. The Bertz CT molecular complexity index is 989. The molecule has 0 bridgehead atoms. The van der Waals surface area contributed by atoms with Gasteiger partial charge in [0.1, 0.15) is 25.1 Å². The van der Waals surface area contributed by atoms with Crippen LogP contribution in [0.5, 0.6) is 11.5 Å². The van der Waals surface area contributed by atoms with Gasteiger partial charge in [-0.05, 0) is 61.1 Å². The summed E-state index contributed by atoms with van der Waals surface area (Å²) < 4.78 is 24.7. The second kappa shape index (κ2) is 11.4. The first kappa shape index (κ1) is 24.0. The van der Waals surface area contributed by atoms with E-state index in [1.807, 2.05) is 25.1 Å². The van der Waals surface area contributed by atoms with Gasteiger partial charge in [0, 0.05) is 19.0 Å². The van der Waals surface area contributed by atoms with Gasteiger partial charge in [0.15, 0.2) is 11.5 Å². The highest BCUT2D eigenvalue weighted by Crippen LogP contribution is 2.31. The van der Waals surface area contributed by atoms with Crippen molar-refractivity contribution in [1.29, 1.82) is 0 Å². The molecule has 7 heteroatoms. The predicted molar refractivity (Wildman–Crippen MR) is 127 cm³/mol. The van der Waals surface area contributed by atoms with Gasteiger partial charge < -0.3 is 19.7 Å². The molecule has 0 saturated heterocycles. The van der Waals surface area contributed by atoms with Gasteiger partial charge in [-0.15, -0.1) is 0 Å². The number of nitrogens with zero attached hydrogens (tertiary/aromatic N) is 1. The lowest BCUT2D eigenvalue weighted by Gasteiger charge is -2.31. The quantitative estimate of drug-likeness (QED) is 0.593. The SMILES string of the molecule is CC[C@H](C(=O)NC1CCCC1)N(Cc1ccc(F)cc1)C(=O)CCc1ccc2c(c1)OCCO2. The second-order valence-corrected chi connectivity index (χ2v) is 9.04. The van der Waals surface area contributed by atoms with E-state index in [4.69, 9.17) is 9.47 Å². The Morgan fingerprint density at radius 2 is 1.71 bits per heavy atom. The molecule has 182 valence electrons. The largest absolute Gasteiger partial charge is 0.486 e. The molecule has 1 heterocycles. The zero-order valence-corrected chi connectivity index (χ0v) is 19.7. The summed E-state index contributed by atoms with van der Waals surface area (Å²) in [6, 6.07) is 11.4. The van der Waals surface area contributed by atoms with E-state index in [2.05, 4.69) is 5.32 Å². The van der Waals surface area contributed by atoms with Crippen molar-refractivity contribution >= 4 is 11.8 Å². The van der Waals surface area contributed by atoms with E-state index in [0.29, 0.717) is 37.6 Å². The van der Waals surface area contributed by atoms with Gasteiger partial charge in [0.05, 0.1) is 0 Å². The molecule has 0 unspecified atom stereocenters. The molecule has 34 heavy (non-hydrogen) atoms. The van der Waals surface area contributed by atoms with Gasteiger partial charge in [-0.1, -0.05) is 38.0 Å². The van der Waals surface area contributed by atoms with E-state index in [-0.39, 0.29) is 36.6 Å². The Morgan fingerprint density at radius 1 is 1.03 bits per heavy atom. The number of nitrogens with one attached hydrogen (secondary N) is 1. The number of hydrogen-bond acceptors (Lipinski definition) is 4. The number of halogens is 1. The van der Waals surface area contributed by atoms with Crippen LogP contribution in [-0.4, -0.2) is 42.0 Å². The molecule has 1 aliphatic carbocycles. The first-order valence-electron chi connectivity index (χ1n) is 12.3. The smallest absolute Gasteiger partial charge is 0.243 e. The third-order valence-electron chi connectivity index (χ3n) is 6.59. The molecule has 1 aliphatic heterocycles. The lowest BCUT2D eigenvalue weighted by molar-refractivity contribution is -0.141. The molecule has 1 N–H and O–H groups in total. The van der Waals surface area contributed by atoms with E-state index in [1.54, 1.807) is 17.0 Å². The topological polar surface area (TPSA) is 67.9 Å². The summed E-state index contributed by atoms with van der Waals surface area (Å²) in [4.78, 5) is 28.2. The third kappa shape index (κ3) is 6.07. The molecule has 2 aromatic carbocycles. The summed E-state index contributed by atoms with van der Waals surface area (Å²) in [6.45, 7) is 3.22. The van der Waals surface area contributed by atoms with Crippen LogP contribution < -0.4 is 14.8 Å². The molecule has 4 rings (SSSR count). The fourth-order valence-electron chi connectivity index (χ4n) is 4.71. The van der Waals surface area contributed by atoms with Crippen LogP contribution in [-0.2, 0) is 22.6 Å². The second-order valence-electron chi connectivity index (χ2n) is 9.04. The van der Waals surface area contributed by atoms with E-state index in [1.165, 1.54) is 12.1 Å². The number of amides is 2. The van der Waals surface area contributed by atoms with Crippen molar-refractivity contribution in [3.63, 3.8) is 0 Å². The van der Waals surface area contributed by atoms with Crippen molar-refractivity contribution in [2.75, 3.05) is 13.2 Å². The van der Waals surface area contributed by atoms with Crippen LogP contribution in [0.4, 0.5) is 4.39 Å². The number of rotatable bonds is 9. The van der Waals surface area contributed by atoms with Crippen molar-refractivity contribution < 1.29 is 23.5 Å². The molecule has 1 atom stereocenters. The van der Waals surface area contributed by atoms with Crippen LogP contribution in [0.2, 0.25) is 0 Å². The highest BCUT2D eigenvalue weighted by molar-refractivity contribution is 5.88. The van der Waals surface area contributed by atoms with E-state index < -0.39 is 6.04 Å². The molecular formula is C27H33FN2O4. The predicted octanol–water partition coefficient (Wildman–Crippen LogP) is 4.40. The number of fused-ring (bicyclic) bond motifs is 1. The van der Waals surface area contributed by atoms with E-state index in [9.17, 15) is 14.0 Å². The normalized spacial score (nSPS) is 16.2. The van der Waals surface area contributed by atoms with E-state index in [0.717, 1.165) is 36.8 Å². The average Bonchev–Trinajstić information content (AvgIpc) is 3.36. The fourth-order valence-corrected chi connectivity index (χ4v) is 4.71. The molecule has 1 saturated carbocycles. The molecule has 0 radical (unpaired) electrons. The third-order valence-corrected chi connectivity index (χ3v) is 6.59. The molecule has 1 fully saturated rings. The molecule has 0 spiro atoms. The first-order valence-corrected chi connectivity index (χ1v) is 12.3. The Hall–Kier alpha value is -3.09. The monoisotopic (exact) mass is 468 g/mol. The van der Waals surface area contributed by atoms with Gasteiger partial charge in [-0.25, -0.2) is 4.39 Å². The van der Waals surface area contributed by atoms with Crippen LogP contribution >= 0.6 is 0 Å². The van der Waals surface area contributed by atoms with Gasteiger partial charge >= 0.3 is 0 Å². The molecule has 2 aromatic rings. The summed E-state index contributed by atoms with van der Waals surface area (Å²) in [6.07, 6.45) is 5.50. The van der Waals surface area contributed by atoms with Crippen molar-refractivity contribution in [1.82, 2.24) is 10.2 Å². The molecular weight excluding hydrogens is 435 g/mol. The lowest BCUT2D eigenvalue weighted by Crippen LogP contribution is -2.51. The minimum Gasteiger partial charge on any atom is -0.486 e. The van der Waals surface area contributed by atoms with Gasteiger partial charge in [0.2, 0.25) is 11.8 Å². The summed E-state index contributed by atoms with van der Waals surface area (Å²) >= 11 is 0. The van der Waals surface area contributed by atoms with Crippen molar-refractivity contribution in [2.45, 2.75) is 70.5 Å². The summed E-state index contributed by atoms with van der Waals surface area (Å²) in [5, 5.41) is 3.14. The van der Waals surface area contributed by atoms with Crippen molar-refractivity contribution in [2.24, 2.45) is 0 Å². The molecule has 0 aromatic heterocycles. The number of aryl methyl sites for hydroxylation is 1. The standard InChI is InChI=1S/C27H33FN2O4/c1-2-23(27(32)29-22-5-3-4-6-22)30(18-20-7-11-21(28)12-8-20)26(31)14-10-19-9-13-24-25(17-19)34-16-15-33-24/h7-9,11-13,17,22-23H,2-6,10,14-16,18H2,1H3,(H,29,32)/t23-/m1/s1. The van der Waals surface area contributed by atoms with Crippen LogP contribution in [0.3, 0.4) is 0 Å². The van der Waals surface area contributed by atoms with Crippen LogP contribution in [0.25, 0.3) is 0 Å². The highest BCUT2D eigenvalue weighted by atomic mass is 19.1. The number of hydrogen-bond donors (Lipinski definition) is 1. The Labute approximate surface area is 200 Å².